The number of para-hydroxylation sites is 1. The molecule has 0 fully saturated rings. The second-order valence-corrected chi connectivity index (χ2v) is 11.4. The molecule has 2 aromatic carbocycles. The number of thiophene rings is 2. The van der Waals surface area contributed by atoms with Gasteiger partial charge in [0.05, 0.1) is 20.0 Å². The number of non-ortho nitro benzene ring substituents is 1. The number of rotatable bonds is 4. The highest BCUT2D eigenvalue weighted by molar-refractivity contribution is 7.23. The van der Waals surface area contributed by atoms with Gasteiger partial charge in [0.2, 0.25) is 0 Å². The average molecular weight is 507 g/mol. The van der Waals surface area contributed by atoms with E-state index in [0.29, 0.717) is 10.3 Å². The molecule has 0 saturated heterocycles. The monoisotopic (exact) mass is 506 g/mol. The standard InChI is InChI=1S/C24H18N4O3S3/c1-27-9-8-15-20(12-27)34-24(21(15)23-25-16-4-2-3-5-18(16)33-23)26-22(29)19-11-13-10-14(28(30)31)6-7-17(13)32-19/h2-7,10-11H,8-9,12H2,1H3,(H,26,29). The number of carbonyl (C=O) groups excluding carboxylic acids is 1. The van der Waals surface area contributed by atoms with E-state index in [1.807, 2.05) is 18.2 Å². The molecule has 4 heterocycles. The molecule has 0 radical (unpaired) electrons. The number of benzene rings is 2. The zero-order valence-electron chi connectivity index (χ0n) is 18.0. The first-order valence-corrected chi connectivity index (χ1v) is 13.1. The second kappa shape index (κ2) is 8.24. The van der Waals surface area contributed by atoms with Crippen LogP contribution in [0.25, 0.3) is 30.9 Å². The summed E-state index contributed by atoms with van der Waals surface area (Å²) >= 11 is 4.59. The van der Waals surface area contributed by atoms with Crippen LogP contribution in [0.4, 0.5) is 10.7 Å². The molecule has 0 saturated carbocycles. The van der Waals surface area contributed by atoms with Crippen LogP contribution in [0.5, 0.6) is 0 Å². The molecule has 7 nitrogen and oxygen atoms in total. The van der Waals surface area contributed by atoms with Gasteiger partial charge >= 0.3 is 0 Å². The summed E-state index contributed by atoms with van der Waals surface area (Å²) in [7, 11) is 2.11. The maximum atomic E-state index is 13.3. The SMILES string of the molecule is CN1CCc2c(sc(NC(=O)c3cc4cc([N+](=O)[O-])ccc4s3)c2-c2nc3ccccc3s2)C1. The molecule has 10 heteroatoms. The van der Waals surface area contributed by atoms with E-state index in [1.54, 1.807) is 34.8 Å². The molecule has 170 valence electrons. The summed E-state index contributed by atoms with van der Waals surface area (Å²) < 4.78 is 1.96. The topological polar surface area (TPSA) is 88.4 Å². The van der Waals surface area contributed by atoms with Gasteiger partial charge in [-0.3, -0.25) is 14.9 Å². The molecule has 6 rings (SSSR count). The number of aromatic nitrogens is 1. The van der Waals surface area contributed by atoms with E-state index in [1.165, 1.54) is 33.9 Å². The van der Waals surface area contributed by atoms with Crippen molar-refractivity contribution in [1.82, 2.24) is 9.88 Å². The van der Waals surface area contributed by atoms with E-state index in [4.69, 9.17) is 4.98 Å². The fourth-order valence-corrected chi connectivity index (χ4v) is 7.62. The normalized spacial score (nSPS) is 13.9. The van der Waals surface area contributed by atoms with Gasteiger partial charge in [-0.25, -0.2) is 4.98 Å². The Morgan fingerprint density at radius 2 is 1.97 bits per heavy atom. The van der Waals surface area contributed by atoms with Gasteiger partial charge in [0.25, 0.3) is 11.6 Å². The molecule has 0 spiro atoms. The van der Waals surface area contributed by atoms with Crippen LogP contribution in [0.3, 0.4) is 0 Å². The number of amides is 1. The summed E-state index contributed by atoms with van der Waals surface area (Å²) in [6, 6.07) is 14.5. The number of nitrogens with one attached hydrogen (secondary N) is 1. The minimum atomic E-state index is -0.422. The first kappa shape index (κ1) is 21.4. The van der Waals surface area contributed by atoms with Crippen LogP contribution in [0.2, 0.25) is 0 Å². The predicted octanol–water partition coefficient (Wildman–Crippen LogP) is 6.39. The van der Waals surface area contributed by atoms with Crippen LogP contribution in [0.15, 0.2) is 48.5 Å². The summed E-state index contributed by atoms with van der Waals surface area (Å²) in [6.07, 6.45) is 0.913. The minimum absolute atomic E-state index is 0.0189. The number of hydrogen-bond donors (Lipinski definition) is 1. The van der Waals surface area contributed by atoms with Crippen molar-refractivity contribution in [3.63, 3.8) is 0 Å². The maximum Gasteiger partial charge on any atom is 0.270 e. The lowest BCUT2D eigenvalue weighted by Gasteiger charge is -2.22. The first-order valence-electron chi connectivity index (χ1n) is 10.6. The molecule has 0 atom stereocenters. The van der Waals surface area contributed by atoms with Crippen LogP contribution in [-0.4, -0.2) is 34.3 Å². The highest BCUT2D eigenvalue weighted by Gasteiger charge is 2.27. The number of anilines is 1. The van der Waals surface area contributed by atoms with Crippen LogP contribution in [0.1, 0.15) is 20.1 Å². The average Bonchev–Trinajstić information content (AvgIpc) is 3.52. The number of carbonyl (C=O) groups is 1. The summed E-state index contributed by atoms with van der Waals surface area (Å²) in [5.74, 6) is -0.210. The van der Waals surface area contributed by atoms with Gasteiger partial charge in [0.1, 0.15) is 10.0 Å². The second-order valence-electron chi connectivity index (χ2n) is 8.23. The number of nitro groups is 1. The Hall–Kier alpha value is -3.18. The smallest absolute Gasteiger partial charge is 0.270 e. The Kier molecular flexibility index (Phi) is 5.18. The van der Waals surface area contributed by atoms with Gasteiger partial charge in [0, 0.05) is 45.7 Å². The number of thiazole rings is 1. The molecule has 5 aromatic rings. The Labute approximate surface area is 206 Å². The molecule has 0 unspecified atom stereocenters. The maximum absolute atomic E-state index is 13.3. The van der Waals surface area contributed by atoms with Crippen molar-refractivity contribution in [1.29, 1.82) is 0 Å². The van der Waals surface area contributed by atoms with Crippen molar-refractivity contribution in [2.24, 2.45) is 0 Å². The molecule has 34 heavy (non-hydrogen) atoms. The highest BCUT2D eigenvalue weighted by Crippen LogP contribution is 2.46. The van der Waals surface area contributed by atoms with E-state index < -0.39 is 4.92 Å². The van der Waals surface area contributed by atoms with Gasteiger partial charge in [-0.05, 0) is 43.3 Å². The summed E-state index contributed by atoms with van der Waals surface area (Å²) in [5.41, 5.74) is 3.27. The summed E-state index contributed by atoms with van der Waals surface area (Å²) in [4.78, 5) is 32.9. The molecule has 1 aliphatic rings. The van der Waals surface area contributed by atoms with Crippen LogP contribution >= 0.6 is 34.0 Å². The third-order valence-electron chi connectivity index (χ3n) is 5.92. The van der Waals surface area contributed by atoms with Crippen molar-refractivity contribution in [3.05, 3.63) is 74.0 Å². The van der Waals surface area contributed by atoms with Gasteiger partial charge in [-0.2, -0.15) is 0 Å². The van der Waals surface area contributed by atoms with Crippen molar-refractivity contribution in [2.45, 2.75) is 13.0 Å². The lowest BCUT2D eigenvalue weighted by atomic mass is 10.0. The van der Waals surface area contributed by atoms with E-state index in [-0.39, 0.29) is 11.6 Å². The summed E-state index contributed by atoms with van der Waals surface area (Å²) in [6.45, 7) is 1.81. The largest absolute Gasteiger partial charge is 0.312 e. The van der Waals surface area contributed by atoms with E-state index in [0.717, 1.165) is 50.0 Å². The van der Waals surface area contributed by atoms with E-state index >= 15 is 0 Å². The fourth-order valence-electron chi connectivity index (χ4n) is 4.25. The minimum Gasteiger partial charge on any atom is -0.312 e. The first-order chi connectivity index (χ1) is 16.5. The zero-order chi connectivity index (χ0) is 23.4. The molecule has 0 bridgehead atoms. The number of fused-ring (bicyclic) bond motifs is 3. The number of hydrogen-bond acceptors (Lipinski definition) is 8. The summed E-state index contributed by atoms with van der Waals surface area (Å²) in [5, 5.41) is 16.7. The third kappa shape index (κ3) is 3.68. The Morgan fingerprint density at radius 1 is 1.12 bits per heavy atom. The van der Waals surface area contributed by atoms with Crippen LogP contribution < -0.4 is 5.32 Å². The molecule has 3 aromatic heterocycles. The molecular formula is C24H18N4O3S3. The van der Waals surface area contributed by atoms with Crippen molar-refractivity contribution in [2.75, 3.05) is 18.9 Å². The van der Waals surface area contributed by atoms with Gasteiger partial charge in [-0.1, -0.05) is 12.1 Å². The molecule has 1 N–H and O–H groups in total. The zero-order valence-corrected chi connectivity index (χ0v) is 20.5. The number of likely N-dealkylation sites (N-methyl/N-ethyl adjacent to an activating group) is 1. The van der Waals surface area contributed by atoms with Crippen molar-refractivity contribution >= 4 is 70.9 Å². The molecular weight excluding hydrogens is 488 g/mol. The molecule has 1 amide bonds. The van der Waals surface area contributed by atoms with E-state index in [2.05, 4.69) is 23.3 Å². The fraction of sp³-hybridized carbons (Fsp3) is 0.167. The highest BCUT2D eigenvalue weighted by atomic mass is 32.1. The Balaban J connectivity index is 1.40. The molecule has 0 aliphatic carbocycles. The van der Waals surface area contributed by atoms with Gasteiger partial charge in [0.15, 0.2) is 0 Å². The quantitative estimate of drug-likeness (QED) is 0.225. The van der Waals surface area contributed by atoms with Gasteiger partial charge < -0.3 is 10.2 Å². The predicted molar refractivity (Wildman–Crippen MR) is 139 cm³/mol. The van der Waals surface area contributed by atoms with Crippen LogP contribution in [0, 0.1) is 10.1 Å². The lowest BCUT2D eigenvalue weighted by Crippen LogP contribution is -2.25. The third-order valence-corrected chi connectivity index (χ3v) is 9.22. The Morgan fingerprint density at radius 3 is 2.79 bits per heavy atom. The lowest BCUT2D eigenvalue weighted by molar-refractivity contribution is -0.384. The van der Waals surface area contributed by atoms with Crippen molar-refractivity contribution in [3.8, 4) is 10.6 Å². The van der Waals surface area contributed by atoms with E-state index in [9.17, 15) is 14.9 Å². The molecule has 1 aliphatic heterocycles. The Bertz CT molecular complexity index is 1570. The van der Waals surface area contributed by atoms with Crippen molar-refractivity contribution < 1.29 is 9.72 Å². The van der Waals surface area contributed by atoms with Crippen LogP contribution in [-0.2, 0) is 13.0 Å². The number of nitro benzene ring substituents is 1. The van der Waals surface area contributed by atoms with Gasteiger partial charge in [-0.15, -0.1) is 34.0 Å². The number of nitrogens with zero attached hydrogens (tertiary/aromatic N) is 3.